The zero-order chi connectivity index (χ0) is 15.0. The zero-order valence-corrected chi connectivity index (χ0v) is 10.6. The lowest BCUT2D eigenvalue weighted by atomic mass is 10.00. The predicted molar refractivity (Wildman–Crippen MR) is 68.5 cm³/mol. The fourth-order valence-electron chi connectivity index (χ4n) is 2.22. The average Bonchev–Trinajstić information content (AvgIpc) is 2.89. The van der Waals surface area contributed by atoms with Crippen LogP contribution in [0.4, 0.5) is 13.2 Å². The van der Waals surface area contributed by atoms with Crippen molar-refractivity contribution in [1.29, 1.82) is 0 Å². The Hall–Kier alpha value is -2.41. The van der Waals surface area contributed by atoms with Crippen LogP contribution in [-0.2, 0) is 6.18 Å². The number of hydrogen-bond donors (Lipinski definition) is 1. The van der Waals surface area contributed by atoms with E-state index in [2.05, 4.69) is 9.97 Å². The van der Waals surface area contributed by atoms with Crippen LogP contribution in [0.3, 0.4) is 0 Å². The Kier molecular flexibility index (Phi) is 3.13. The minimum absolute atomic E-state index is 0.205. The number of aromatic nitrogens is 3. The molecule has 0 saturated carbocycles. The molecule has 0 aliphatic carbocycles. The average molecular weight is 293 g/mol. The topological polar surface area (TPSA) is 50.4 Å². The van der Waals surface area contributed by atoms with Gasteiger partial charge in [-0.25, -0.2) is 4.98 Å². The van der Waals surface area contributed by atoms with Crippen LogP contribution < -0.4 is 0 Å². The van der Waals surface area contributed by atoms with Gasteiger partial charge in [-0.3, -0.25) is 9.38 Å². The molecule has 0 radical (unpaired) electrons. The molecule has 1 atom stereocenters. The zero-order valence-electron chi connectivity index (χ0n) is 10.6. The SMILES string of the molecule is OC(c1ccccc1C(F)(F)F)c1cnc2cnccn12. The van der Waals surface area contributed by atoms with E-state index in [9.17, 15) is 18.3 Å². The molecular formula is C14H10F3N3O. The number of nitrogens with zero attached hydrogens (tertiary/aromatic N) is 3. The molecule has 0 spiro atoms. The van der Waals surface area contributed by atoms with Crippen LogP contribution in [0.5, 0.6) is 0 Å². The molecule has 1 N–H and O–H groups in total. The highest BCUT2D eigenvalue weighted by molar-refractivity contribution is 5.41. The molecule has 7 heteroatoms. The van der Waals surface area contributed by atoms with Gasteiger partial charge < -0.3 is 5.11 Å². The summed E-state index contributed by atoms with van der Waals surface area (Å²) in [4.78, 5) is 7.89. The third-order valence-corrected chi connectivity index (χ3v) is 3.19. The van der Waals surface area contributed by atoms with Gasteiger partial charge in [0.2, 0.25) is 0 Å². The Morgan fingerprint density at radius 3 is 2.67 bits per heavy atom. The van der Waals surface area contributed by atoms with Crippen molar-refractivity contribution in [1.82, 2.24) is 14.4 Å². The third-order valence-electron chi connectivity index (χ3n) is 3.19. The van der Waals surface area contributed by atoms with Crippen molar-refractivity contribution in [2.75, 3.05) is 0 Å². The Morgan fingerprint density at radius 2 is 1.90 bits per heavy atom. The Morgan fingerprint density at radius 1 is 1.14 bits per heavy atom. The summed E-state index contributed by atoms with van der Waals surface area (Å²) in [5.41, 5.74) is -0.356. The first-order chi connectivity index (χ1) is 9.98. The third kappa shape index (κ3) is 2.36. The maximum Gasteiger partial charge on any atom is 0.416 e. The van der Waals surface area contributed by atoms with Crippen LogP contribution in [0.1, 0.15) is 22.9 Å². The van der Waals surface area contributed by atoms with Crippen LogP contribution in [0.15, 0.2) is 49.1 Å². The van der Waals surface area contributed by atoms with Crippen LogP contribution in [0, 0.1) is 0 Å². The van der Waals surface area contributed by atoms with Crippen molar-refractivity contribution in [3.8, 4) is 0 Å². The first kappa shape index (κ1) is 13.6. The van der Waals surface area contributed by atoms with Gasteiger partial charge in [0.25, 0.3) is 0 Å². The first-order valence-electron chi connectivity index (χ1n) is 6.09. The Balaban J connectivity index is 2.13. The lowest BCUT2D eigenvalue weighted by molar-refractivity contribution is -0.139. The van der Waals surface area contributed by atoms with Gasteiger partial charge in [0, 0.05) is 12.4 Å². The molecule has 4 nitrogen and oxygen atoms in total. The van der Waals surface area contributed by atoms with E-state index in [1.54, 1.807) is 0 Å². The van der Waals surface area contributed by atoms with Crippen molar-refractivity contribution in [2.45, 2.75) is 12.3 Å². The summed E-state index contributed by atoms with van der Waals surface area (Å²) in [6.45, 7) is 0. The normalized spacial score (nSPS) is 13.5. The number of benzene rings is 1. The van der Waals surface area contributed by atoms with E-state index in [1.165, 1.54) is 47.4 Å². The second kappa shape index (κ2) is 4.85. The molecule has 1 unspecified atom stereocenters. The van der Waals surface area contributed by atoms with E-state index in [0.717, 1.165) is 6.07 Å². The molecular weight excluding hydrogens is 283 g/mol. The van der Waals surface area contributed by atoms with Crippen molar-refractivity contribution in [3.05, 3.63) is 65.9 Å². The molecule has 0 amide bonds. The molecule has 3 rings (SSSR count). The summed E-state index contributed by atoms with van der Waals surface area (Å²) >= 11 is 0. The van der Waals surface area contributed by atoms with Crippen molar-refractivity contribution < 1.29 is 18.3 Å². The van der Waals surface area contributed by atoms with E-state index in [1.807, 2.05) is 0 Å². The number of fused-ring (bicyclic) bond motifs is 1. The summed E-state index contributed by atoms with van der Waals surface area (Å²) < 4.78 is 40.6. The molecule has 1 aromatic carbocycles. The minimum Gasteiger partial charge on any atom is -0.382 e. The molecule has 0 fully saturated rings. The highest BCUT2D eigenvalue weighted by atomic mass is 19.4. The lowest BCUT2D eigenvalue weighted by Gasteiger charge is -2.17. The summed E-state index contributed by atoms with van der Waals surface area (Å²) in [7, 11) is 0. The number of hydrogen-bond acceptors (Lipinski definition) is 3. The second-order valence-electron chi connectivity index (χ2n) is 4.48. The van der Waals surface area contributed by atoms with Crippen LogP contribution in [0.25, 0.3) is 5.65 Å². The molecule has 2 aromatic heterocycles. The summed E-state index contributed by atoms with van der Waals surface area (Å²) in [5.74, 6) is 0. The molecule has 0 aliphatic rings. The molecule has 2 heterocycles. The number of aliphatic hydroxyl groups excluding tert-OH is 1. The molecule has 108 valence electrons. The van der Waals surface area contributed by atoms with Crippen molar-refractivity contribution in [2.24, 2.45) is 0 Å². The molecule has 21 heavy (non-hydrogen) atoms. The Bertz CT molecular complexity index is 782. The largest absolute Gasteiger partial charge is 0.416 e. The fourth-order valence-corrected chi connectivity index (χ4v) is 2.22. The molecule has 0 bridgehead atoms. The molecule has 0 aliphatic heterocycles. The number of imidazole rings is 1. The van der Waals surface area contributed by atoms with E-state index in [0.29, 0.717) is 5.65 Å². The Labute approximate surface area is 117 Å². The number of rotatable bonds is 2. The predicted octanol–water partition coefficient (Wildman–Crippen LogP) is 2.83. The van der Waals surface area contributed by atoms with E-state index < -0.39 is 17.8 Å². The first-order valence-corrected chi connectivity index (χ1v) is 6.09. The quantitative estimate of drug-likeness (QED) is 0.790. The van der Waals surface area contributed by atoms with Gasteiger partial charge in [-0.2, -0.15) is 13.2 Å². The van der Waals surface area contributed by atoms with Gasteiger partial charge in [-0.05, 0) is 11.6 Å². The van der Waals surface area contributed by atoms with Gasteiger partial charge in [0.15, 0.2) is 5.65 Å². The maximum atomic E-state index is 13.0. The standard InChI is InChI=1S/C14H10F3N3O/c15-14(16,17)10-4-2-1-3-9(10)13(21)11-7-19-12-8-18-5-6-20(11)12/h1-8,13,21H. The van der Waals surface area contributed by atoms with Crippen LogP contribution in [-0.4, -0.2) is 19.5 Å². The minimum atomic E-state index is -4.53. The van der Waals surface area contributed by atoms with Gasteiger partial charge in [-0.15, -0.1) is 0 Å². The maximum absolute atomic E-state index is 13.0. The fraction of sp³-hybridized carbons (Fsp3) is 0.143. The summed E-state index contributed by atoms with van der Waals surface area (Å²) in [6.07, 6.45) is -0.141. The highest BCUT2D eigenvalue weighted by Crippen LogP contribution is 2.36. The highest BCUT2D eigenvalue weighted by Gasteiger charge is 2.35. The van der Waals surface area contributed by atoms with Crippen LogP contribution in [0.2, 0.25) is 0 Å². The van der Waals surface area contributed by atoms with Crippen molar-refractivity contribution in [3.63, 3.8) is 0 Å². The van der Waals surface area contributed by atoms with E-state index in [4.69, 9.17) is 0 Å². The second-order valence-corrected chi connectivity index (χ2v) is 4.48. The van der Waals surface area contributed by atoms with Gasteiger partial charge in [0.05, 0.1) is 23.7 Å². The van der Waals surface area contributed by atoms with E-state index >= 15 is 0 Å². The lowest BCUT2D eigenvalue weighted by Crippen LogP contribution is -2.13. The molecule has 0 saturated heterocycles. The molecule has 3 aromatic rings. The van der Waals surface area contributed by atoms with Gasteiger partial charge in [0.1, 0.15) is 6.10 Å². The summed E-state index contributed by atoms with van der Waals surface area (Å²) in [6, 6.07) is 4.95. The monoisotopic (exact) mass is 293 g/mol. The number of aliphatic hydroxyl groups is 1. The summed E-state index contributed by atoms with van der Waals surface area (Å²) in [5, 5.41) is 10.3. The van der Waals surface area contributed by atoms with Crippen LogP contribution >= 0.6 is 0 Å². The van der Waals surface area contributed by atoms with Gasteiger partial charge >= 0.3 is 6.18 Å². The number of alkyl halides is 3. The number of halogens is 3. The van der Waals surface area contributed by atoms with Gasteiger partial charge in [-0.1, -0.05) is 18.2 Å². The van der Waals surface area contributed by atoms with Crippen molar-refractivity contribution >= 4 is 5.65 Å². The van der Waals surface area contributed by atoms with E-state index in [-0.39, 0.29) is 11.3 Å². The smallest absolute Gasteiger partial charge is 0.382 e.